The molecule has 0 saturated heterocycles. The normalized spacial score (nSPS) is 11.0. The van der Waals surface area contributed by atoms with Crippen LogP contribution in [0.5, 0.6) is 5.75 Å². The van der Waals surface area contributed by atoms with Gasteiger partial charge in [0, 0.05) is 17.0 Å². The van der Waals surface area contributed by atoms with Gasteiger partial charge in [-0.15, -0.1) is 0 Å². The summed E-state index contributed by atoms with van der Waals surface area (Å²) < 4.78 is 5.21. The number of hydrogen-bond donors (Lipinski definition) is 1. The molecule has 0 saturated carbocycles. The molecule has 3 heteroatoms. The highest BCUT2D eigenvalue weighted by Crippen LogP contribution is 2.23. The molecule has 1 heterocycles. The minimum atomic E-state index is 0.0451. The maximum atomic E-state index is 12.3. The standard InChI is InChI=1S/C18H25NO2/c1-4-5-6-7-8-9-16-13(2)15-11-10-14(21-3)12-17(15)19-18(16)20/h10-12H,4-9H2,1-3H3,(H,19,20). The smallest absolute Gasteiger partial charge is 0.251 e. The molecule has 3 nitrogen and oxygen atoms in total. The Bertz CT molecular complexity index is 658. The van der Waals surface area contributed by atoms with Crippen LogP contribution in [-0.2, 0) is 6.42 Å². The molecule has 0 aliphatic rings. The third-order valence-electron chi connectivity index (χ3n) is 4.14. The highest BCUT2D eigenvalue weighted by atomic mass is 16.5. The number of rotatable bonds is 7. The van der Waals surface area contributed by atoms with E-state index in [0.29, 0.717) is 0 Å². The topological polar surface area (TPSA) is 42.1 Å². The van der Waals surface area contributed by atoms with Crippen molar-refractivity contribution < 1.29 is 4.74 Å². The largest absolute Gasteiger partial charge is 0.497 e. The number of aryl methyl sites for hydroxylation is 1. The Balaban J connectivity index is 2.22. The lowest BCUT2D eigenvalue weighted by Crippen LogP contribution is -2.15. The summed E-state index contributed by atoms with van der Waals surface area (Å²) in [5, 5.41) is 1.11. The summed E-state index contributed by atoms with van der Waals surface area (Å²) in [6.07, 6.45) is 6.95. The molecule has 2 aromatic rings. The lowest BCUT2D eigenvalue weighted by molar-refractivity contribution is 0.415. The molecule has 1 aromatic heterocycles. The summed E-state index contributed by atoms with van der Waals surface area (Å²) in [6, 6.07) is 5.85. The van der Waals surface area contributed by atoms with E-state index in [-0.39, 0.29) is 5.56 Å². The molecule has 0 fully saturated rings. The van der Waals surface area contributed by atoms with Crippen molar-refractivity contribution in [2.24, 2.45) is 0 Å². The van der Waals surface area contributed by atoms with Crippen LogP contribution in [-0.4, -0.2) is 12.1 Å². The molecule has 0 aliphatic carbocycles. The quantitative estimate of drug-likeness (QED) is 0.769. The van der Waals surface area contributed by atoms with Gasteiger partial charge >= 0.3 is 0 Å². The van der Waals surface area contributed by atoms with Crippen LogP contribution in [0.25, 0.3) is 10.9 Å². The molecule has 0 aliphatic heterocycles. The number of benzene rings is 1. The zero-order valence-corrected chi connectivity index (χ0v) is 13.3. The van der Waals surface area contributed by atoms with Crippen LogP contribution in [0, 0.1) is 6.92 Å². The van der Waals surface area contributed by atoms with E-state index in [1.807, 2.05) is 25.1 Å². The number of methoxy groups -OCH3 is 1. The predicted molar refractivity (Wildman–Crippen MR) is 88.3 cm³/mol. The first-order chi connectivity index (χ1) is 10.2. The average molecular weight is 287 g/mol. The van der Waals surface area contributed by atoms with E-state index >= 15 is 0 Å². The summed E-state index contributed by atoms with van der Waals surface area (Å²) in [5.41, 5.74) is 2.94. The van der Waals surface area contributed by atoms with E-state index in [0.717, 1.165) is 40.6 Å². The fourth-order valence-corrected chi connectivity index (χ4v) is 2.82. The number of ether oxygens (including phenoxy) is 1. The summed E-state index contributed by atoms with van der Waals surface area (Å²) in [4.78, 5) is 15.3. The second kappa shape index (κ2) is 7.30. The van der Waals surface area contributed by atoms with E-state index in [9.17, 15) is 4.79 Å². The Hall–Kier alpha value is -1.77. The molecule has 21 heavy (non-hydrogen) atoms. The van der Waals surface area contributed by atoms with Gasteiger partial charge in [0.1, 0.15) is 5.75 Å². The number of unbranched alkanes of at least 4 members (excludes halogenated alkanes) is 4. The first-order valence-electron chi connectivity index (χ1n) is 7.87. The summed E-state index contributed by atoms with van der Waals surface area (Å²) in [6.45, 7) is 4.26. The number of aromatic amines is 1. The molecule has 114 valence electrons. The minimum absolute atomic E-state index is 0.0451. The maximum absolute atomic E-state index is 12.3. The molecule has 2 rings (SSSR count). The molecule has 1 N–H and O–H groups in total. The van der Waals surface area contributed by atoms with Gasteiger partial charge in [0.25, 0.3) is 5.56 Å². The van der Waals surface area contributed by atoms with Gasteiger partial charge in [0.2, 0.25) is 0 Å². The SMILES string of the molecule is CCCCCCCc1c(C)c2ccc(OC)cc2[nH]c1=O. The van der Waals surface area contributed by atoms with Gasteiger partial charge in [-0.25, -0.2) is 0 Å². The Morgan fingerprint density at radius 2 is 1.90 bits per heavy atom. The molecule has 1 aromatic carbocycles. The summed E-state index contributed by atoms with van der Waals surface area (Å²) in [5.74, 6) is 0.768. The van der Waals surface area contributed by atoms with Gasteiger partial charge < -0.3 is 9.72 Å². The molecule has 0 unspecified atom stereocenters. The number of nitrogens with one attached hydrogen (secondary N) is 1. The third-order valence-corrected chi connectivity index (χ3v) is 4.14. The van der Waals surface area contributed by atoms with Crippen molar-refractivity contribution in [2.45, 2.75) is 52.4 Å². The summed E-state index contributed by atoms with van der Waals surface area (Å²) >= 11 is 0. The highest BCUT2D eigenvalue weighted by molar-refractivity contribution is 5.84. The van der Waals surface area contributed by atoms with Gasteiger partial charge in [-0.1, -0.05) is 32.6 Å². The number of H-pyrrole nitrogens is 1. The van der Waals surface area contributed by atoms with Gasteiger partial charge in [0.05, 0.1) is 12.6 Å². The number of hydrogen-bond acceptors (Lipinski definition) is 2. The fourth-order valence-electron chi connectivity index (χ4n) is 2.82. The van der Waals surface area contributed by atoms with Crippen LogP contribution < -0.4 is 10.3 Å². The van der Waals surface area contributed by atoms with E-state index in [1.54, 1.807) is 7.11 Å². The van der Waals surface area contributed by atoms with Crippen molar-refractivity contribution in [3.05, 3.63) is 39.7 Å². The van der Waals surface area contributed by atoms with Crippen LogP contribution in [0.3, 0.4) is 0 Å². The molecule has 0 radical (unpaired) electrons. The van der Waals surface area contributed by atoms with Crippen LogP contribution in [0.2, 0.25) is 0 Å². The van der Waals surface area contributed by atoms with E-state index in [4.69, 9.17) is 4.74 Å². The summed E-state index contributed by atoms with van der Waals surface area (Å²) in [7, 11) is 1.64. The zero-order valence-electron chi connectivity index (χ0n) is 13.3. The van der Waals surface area contributed by atoms with Gasteiger partial charge in [-0.3, -0.25) is 4.79 Å². The number of aromatic nitrogens is 1. The zero-order chi connectivity index (χ0) is 15.2. The van der Waals surface area contributed by atoms with Crippen LogP contribution in [0.1, 0.15) is 50.2 Å². The second-order valence-electron chi connectivity index (χ2n) is 5.63. The first-order valence-corrected chi connectivity index (χ1v) is 7.87. The molecular weight excluding hydrogens is 262 g/mol. The minimum Gasteiger partial charge on any atom is -0.497 e. The van der Waals surface area contributed by atoms with Gasteiger partial charge in [-0.05, 0) is 37.5 Å². The maximum Gasteiger partial charge on any atom is 0.251 e. The van der Waals surface area contributed by atoms with Crippen molar-refractivity contribution >= 4 is 10.9 Å². The Morgan fingerprint density at radius 1 is 1.14 bits per heavy atom. The Labute approximate surface area is 126 Å². The van der Waals surface area contributed by atoms with Crippen LogP contribution >= 0.6 is 0 Å². The van der Waals surface area contributed by atoms with Crippen molar-refractivity contribution in [1.29, 1.82) is 0 Å². The molecular formula is C18H25NO2. The lowest BCUT2D eigenvalue weighted by Gasteiger charge is -2.10. The Kier molecular flexibility index (Phi) is 5.43. The predicted octanol–water partition coefficient (Wildman–Crippen LogP) is 4.36. The molecule has 0 atom stereocenters. The molecule has 0 bridgehead atoms. The molecule has 0 amide bonds. The van der Waals surface area contributed by atoms with E-state index < -0.39 is 0 Å². The average Bonchev–Trinajstić information content (AvgIpc) is 2.49. The van der Waals surface area contributed by atoms with Crippen molar-refractivity contribution in [3.63, 3.8) is 0 Å². The van der Waals surface area contributed by atoms with Gasteiger partial charge in [0.15, 0.2) is 0 Å². The first kappa shape index (κ1) is 15.6. The van der Waals surface area contributed by atoms with Gasteiger partial charge in [-0.2, -0.15) is 0 Å². The van der Waals surface area contributed by atoms with Crippen molar-refractivity contribution in [2.75, 3.05) is 7.11 Å². The third kappa shape index (κ3) is 3.66. The van der Waals surface area contributed by atoms with Crippen LogP contribution in [0.15, 0.2) is 23.0 Å². The van der Waals surface area contributed by atoms with E-state index in [1.165, 1.54) is 25.7 Å². The number of fused-ring (bicyclic) bond motifs is 1. The number of pyridine rings is 1. The van der Waals surface area contributed by atoms with E-state index in [2.05, 4.69) is 11.9 Å². The monoisotopic (exact) mass is 287 g/mol. The lowest BCUT2D eigenvalue weighted by atomic mass is 9.99. The fraction of sp³-hybridized carbons (Fsp3) is 0.500. The van der Waals surface area contributed by atoms with Crippen LogP contribution in [0.4, 0.5) is 0 Å². The van der Waals surface area contributed by atoms with Crippen molar-refractivity contribution in [1.82, 2.24) is 4.98 Å². The van der Waals surface area contributed by atoms with Crippen molar-refractivity contribution in [3.8, 4) is 5.75 Å². The molecule has 0 spiro atoms. The highest BCUT2D eigenvalue weighted by Gasteiger charge is 2.09. The Morgan fingerprint density at radius 3 is 2.62 bits per heavy atom. The second-order valence-corrected chi connectivity index (χ2v) is 5.63.